The minimum atomic E-state index is -3.44. The van der Waals surface area contributed by atoms with Crippen molar-refractivity contribution in [2.45, 2.75) is 11.3 Å². The Morgan fingerprint density at radius 1 is 1.32 bits per heavy atom. The minimum absolute atomic E-state index is 0.0848. The Morgan fingerprint density at radius 3 is 2.63 bits per heavy atom. The molecule has 0 saturated heterocycles. The number of nitro groups is 1. The highest BCUT2D eigenvalue weighted by Crippen LogP contribution is 2.32. The maximum Gasteiger partial charge on any atom is 0.279 e. The summed E-state index contributed by atoms with van der Waals surface area (Å²) in [4.78, 5) is 10.4. The van der Waals surface area contributed by atoms with Crippen molar-refractivity contribution in [1.82, 2.24) is 10.2 Å². The molecule has 7 nitrogen and oxygen atoms in total. The molecule has 0 aliphatic heterocycles. The van der Waals surface area contributed by atoms with Crippen LogP contribution >= 0.6 is 11.3 Å². The molecule has 1 heterocycles. The molecule has 0 amide bonds. The van der Waals surface area contributed by atoms with Crippen molar-refractivity contribution >= 4 is 26.9 Å². The molecule has 0 spiro atoms. The highest BCUT2D eigenvalue weighted by molar-refractivity contribution is 7.93. The maximum atomic E-state index is 11.6. The average molecular weight is 299 g/mol. The molecule has 9 heteroatoms. The summed E-state index contributed by atoms with van der Waals surface area (Å²) < 4.78 is 23.2. The molecule has 2 rings (SSSR count). The highest BCUT2D eigenvalue weighted by atomic mass is 32.2. The van der Waals surface area contributed by atoms with Crippen LogP contribution in [-0.2, 0) is 9.84 Å². The molecule has 19 heavy (non-hydrogen) atoms. The van der Waals surface area contributed by atoms with Gasteiger partial charge in [-0.05, 0) is 6.07 Å². The van der Waals surface area contributed by atoms with E-state index in [0.29, 0.717) is 0 Å². The van der Waals surface area contributed by atoms with Crippen LogP contribution < -0.4 is 0 Å². The van der Waals surface area contributed by atoms with Crippen LogP contribution in [0.5, 0.6) is 0 Å². The third-order valence-electron chi connectivity index (χ3n) is 2.38. The lowest BCUT2D eigenvalue weighted by Gasteiger charge is -1.97. The van der Waals surface area contributed by atoms with Gasteiger partial charge in [0.05, 0.1) is 16.2 Å². The van der Waals surface area contributed by atoms with E-state index in [1.54, 1.807) is 6.07 Å². The number of hydrogen-bond acceptors (Lipinski definition) is 7. The Balaban J connectivity index is 2.53. The van der Waals surface area contributed by atoms with E-state index in [0.717, 1.165) is 11.3 Å². The Morgan fingerprint density at radius 2 is 2.00 bits per heavy atom. The van der Waals surface area contributed by atoms with Gasteiger partial charge >= 0.3 is 0 Å². The predicted octanol–water partition coefficient (Wildman–Crippen LogP) is 1.91. The zero-order valence-corrected chi connectivity index (χ0v) is 11.4. The van der Waals surface area contributed by atoms with E-state index in [9.17, 15) is 18.5 Å². The lowest BCUT2D eigenvalue weighted by atomic mass is 10.2. The summed E-state index contributed by atoms with van der Waals surface area (Å²) >= 11 is 0.834. The quantitative estimate of drug-likeness (QED) is 0.631. The molecule has 1 aromatic carbocycles. The van der Waals surface area contributed by atoms with E-state index in [4.69, 9.17) is 0 Å². The van der Waals surface area contributed by atoms with Gasteiger partial charge in [0.2, 0.25) is 14.2 Å². The first kappa shape index (κ1) is 13.6. The van der Waals surface area contributed by atoms with Gasteiger partial charge in [-0.25, -0.2) is 8.42 Å². The Labute approximate surface area is 113 Å². The topological polar surface area (TPSA) is 103 Å². The van der Waals surface area contributed by atoms with Crippen molar-refractivity contribution in [3.63, 3.8) is 0 Å². The van der Waals surface area contributed by atoms with Gasteiger partial charge in [-0.2, -0.15) is 0 Å². The fourth-order valence-corrected chi connectivity index (χ4v) is 3.50. The molecule has 0 fully saturated rings. The number of para-hydroxylation sites is 1. The molecule has 0 N–H and O–H groups in total. The number of sulfone groups is 1. The van der Waals surface area contributed by atoms with Crippen molar-refractivity contribution in [1.29, 1.82) is 0 Å². The number of hydrogen-bond donors (Lipinski definition) is 0. The molecule has 0 saturated carbocycles. The SMILES string of the molecule is CCS(=O)(=O)c1nnc(-c2ccccc2[N+](=O)[O-])s1. The van der Waals surface area contributed by atoms with Crippen molar-refractivity contribution in [3.05, 3.63) is 34.4 Å². The van der Waals surface area contributed by atoms with Crippen LogP contribution in [0.25, 0.3) is 10.6 Å². The fraction of sp³-hybridized carbons (Fsp3) is 0.200. The predicted molar refractivity (Wildman–Crippen MR) is 69.7 cm³/mol. The van der Waals surface area contributed by atoms with E-state index in [-0.39, 0.29) is 26.4 Å². The largest absolute Gasteiger partial charge is 0.279 e. The second-order valence-corrected chi connectivity index (χ2v) is 6.98. The number of benzene rings is 1. The van der Waals surface area contributed by atoms with E-state index in [2.05, 4.69) is 10.2 Å². The normalized spacial score (nSPS) is 11.4. The number of nitro benzene ring substituents is 1. The third-order valence-corrected chi connectivity index (χ3v) is 5.52. The Kier molecular flexibility index (Phi) is 3.58. The molecule has 0 unspecified atom stereocenters. The highest BCUT2D eigenvalue weighted by Gasteiger charge is 2.22. The summed E-state index contributed by atoms with van der Waals surface area (Å²) in [5.74, 6) is -0.0848. The summed E-state index contributed by atoms with van der Waals surface area (Å²) in [5.41, 5.74) is 0.140. The first-order valence-electron chi connectivity index (χ1n) is 5.25. The van der Waals surface area contributed by atoms with Crippen LogP contribution in [0, 0.1) is 10.1 Å². The van der Waals surface area contributed by atoms with Crippen LogP contribution in [0.1, 0.15) is 6.92 Å². The molecule has 0 aliphatic rings. The first-order valence-corrected chi connectivity index (χ1v) is 7.72. The van der Waals surface area contributed by atoms with Gasteiger partial charge in [-0.3, -0.25) is 10.1 Å². The van der Waals surface area contributed by atoms with Gasteiger partial charge in [-0.15, -0.1) is 10.2 Å². The molecule has 100 valence electrons. The summed E-state index contributed by atoms with van der Waals surface area (Å²) in [6.45, 7) is 1.50. The molecular weight excluding hydrogens is 290 g/mol. The van der Waals surface area contributed by atoms with Crippen LogP contribution in [0.2, 0.25) is 0 Å². The second-order valence-electron chi connectivity index (χ2n) is 3.55. The van der Waals surface area contributed by atoms with Crippen molar-refractivity contribution in [3.8, 4) is 10.6 Å². The van der Waals surface area contributed by atoms with Gasteiger partial charge < -0.3 is 0 Å². The molecule has 0 bridgehead atoms. The lowest BCUT2D eigenvalue weighted by molar-refractivity contribution is -0.384. The van der Waals surface area contributed by atoms with E-state index in [1.165, 1.54) is 25.1 Å². The van der Waals surface area contributed by atoms with Crippen molar-refractivity contribution < 1.29 is 13.3 Å². The summed E-state index contributed by atoms with van der Waals surface area (Å²) in [7, 11) is -3.44. The fourth-order valence-electron chi connectivity index (χ4n) is 1.38. The maximum absolute atomic E-state index is 11.6. The minimum Gasteiger partial charge on any atom is -0.258 e. The van der Waals surface area contributed by atoms with Crippen molar-refractivity contribution in [2.75, 3.05) is 5.75 Å². The zero-order valence-electron chi connectivity index (χ0n) is 9.81. The molecule has 2 aromatic rings. The molecule has 0 atom stereocenters. The van der Waals surface area contributed by atoms with Gasteiger partial charge in [0, 0.05) is 6.07 Å². The van der Waals surface area contributed by atoms with Crippen LogP contribution in [0.15, 0.2) is 28.6 Å². The monoisotopic (exact) mass is 299 g/mol. The number of nitrogens with zero attached hydrogens (tertiary/aromatic N) is 3. The van der Waals surface area contributed by atoms with Crippen LogP contribution in [0.4, 0.5) is 5.69 Å². The smallest absolute Gasteiger partial charge is 0.258 e. The van der Waals surface area contributed by atoms with Gasteiger partial charge in [-0.1, -0.05) is 30.4 Å². The standard InChI is InChI=1S/C10H9N3O4S2/c1-2-19(16,17)10-12-11-9(18-10)7-5-3-4-6-8(7)13(14)15/h3-6H,2H2,1H3. The first-order chi connectivity index (χ1) is 8.95. The molecule has 1 aromatic heterocycles. The average Bonchev–Trinajstić information content (AvgIpc) is 2.89. The molecular formula is C10H9N3O4S2. The Hall–Kier alpha value is -1.87. The van der Waals surface area contributed by atoms with E-state index >= 15 is 0 Å². The van der Waals surface area contributed by atoms with E-state index < -0.39 is 14.8 Å². The molecule has 0 aliphatic carbocycles. The van der Waals surface area contributed by atoms with Gasteiger partial charge in [0.15, 0.2) is 5.01 Å². The van der Waals surface area contributed by atoms with Crippen molar-refractivity contribution in [2.24, 2.45) is 0 Å². The second kappa shape index (κ2) is 5.02. The number of aromatic nitrogens is 2. The van der Waals surface area contributed by atoms with Crippen LogP contribution in [-0.4, -0.2) is 29.3 Å². The third kappa shape index (κ3) is 2.61. The summed E-state index contributed by atoms with van der Waals surface area (Å²) in [5, 5.41) is 18.4. The van der Waals surface area contributed by atoms with Gasteiger partial charge in [0.25, 0.3) is 5.69 Å². The summed E-state index contributed by atoms with van der Waals surface area (Å²) in [6, 6.07) is 6.01. The summed E-state index contributed by atoms with van der Waals surface area (Å²) in [6.07, 6.45) is 0. The Bertz CT molecular complexity index is 724. The number of rotatable bonds is 4. The van der Waals surface area contributed by atoms with Crippen LogP contribution in [0.3, 0.4) is 0 Å². The van der Waals surface area contributed by atoms with Gasteiger partial charge in [0.1, 0.15) is 0 Å². The zero-order chi connectivity index (χ0) is 14.0. The lowest BCUT2D eigenvalue weighted by Crippen LogP contribution is -2.02. The van der Waals surface area contributed by atoms with E-state index in [1.807, 2.05) is 0 Å². The molecule has 0 radical (unpaired) electrons.